The standard InChI is InChI=1S/C7H10BN/c1-5-3-4-9-6(2)7(5)8/h3-4H,8H2,1-2H3. The number of rotatable bonds is 0. The maximum atomic E-state index is 4.14. The van der Waals surface area contributed by atoms with Gasteiger partial charge in [0.2, 0.25) is 0 Å². The molecule has 1 nitrogen and oxygen atoms in total. The van der Waals surface area contributed by atoms with Gasteiger partial charge in [-0.3, -0.25) is 4.98 Å². The zero-order chi connectivity index (χ0) is 6.85. The lowest BCUT2D eigenvalue weighted by Gasteiger charge is -2.00. The van der Waals surface area contributed by atoms with Crippen LogP contribution >= 0.6 is 0 Å². The first-order chi connectivity index (χ1) is 4.22. The van der Waals surface area contributed by atoms with Gasteiger partial charge < -0.3 is 0 Å². The van der Waals surface area contributed by atoms with Gasteiger partial charge >= 0.3 is 0 Å². The van der Waals surface area contributed by atoms with Crippen LogP contribution in [-0.2, 0) is 0 Å². The van der Waals surface area contributed by atoms with Crippen LogP contribution in [0.4, 0.5) is 0 Å². The van der Waals surface area contributed by atoms with E-state index in [1.807, 2.05) is 19.2 Å². The van der Waals surface area contributed by atoms with Gasteiger partial charge in [-0.1, -0.05) is 11.0 Å². The third kappa shape index (κ3) is 1.12. The fourth-order valence-corrected chi connectivity index (χ4v) is 0.768. The molecule has 1 rings (SSSR count). The van der Waals surface area contributed by atoms with Gasteiger partial charge in [-0.15, -0.1) is 0 Å². The Kier molecular flexibility index (Phi) is 1.56. The zero-order valence-corrected chi connectivity index (χ0v) is 6.10. The molecule has 0 amide bonds. The molecule has 0 aliphatic carbocycles. The molecule has 1 aromatic heterocycles. The molecular formula is C7H10BN. The summed E-state index contributed by atoms with van der Waals surface area (Å²) in [5, 5.41) is 0. The molecule has 0 atom stereocenters. The Morgan fingerprint density at radius 1 is 1.44 bits per heavy atom. The summed E-state index contributed by atoms with van der Waals surface area (Å²) < 4.78 is 0. The maximum absolute atomic E-state index is 4.14. The van der Waals surface area contributed by atoms with Crippen molar-refractivity contribution in [2.45, 2.75) is 13.8 Å². The minimum atomic E-state index is 1.13. The van der Waals surface area contributed by atoms with E-state index in [9.17, 15) is 0 Å². The molecule has 0 aromatic carbocycles. The van der Waals surface area contributed by atoms with Crippen LogP contribution in [0, 0.1) is 13.8 Å². The van der Waals surface area contributed by atoms with E-state index in [1.54, 1.807) is 0 Å². The van der Waals surface area contributed by atoms with Gasteiger partial charge in [0, 0.05) is 11.9 Å². The van der Waals surface area contributed by atoms with Crippen LogP contribution in [0.15, 0.2) is 12.3 Å². The highest BCUT2D eigenvalue weighted by Crippen LogP contribution is 1.91. The second kappa shape index (κ2) is 2.22. The van der Waals surface area contributed by atoms with E-state index < -0.39 is 0 Å². The van der Waals surface area contributed by atoms with Crippen molar-refractivity contribution in [3.63, 3.8) is 0 Å². The molecule has 9 heavy (non-hydrogen) atoms. The predicted molar refractivity (Wildman–Crippen MR) is 41.9 cm³/mol. The molecule has 1 aromatic rings. The van der Waals surface area contributed by atoms with Crippen LogP contribution < -0.4 is 5.46 Å². The summed E-state index contributed by atoms with van der Waals surface area (Å²) in [6.07, 6.45) is 1.84. The van der Waals surface area contributed by atoms with Gasteiger partial charge in [0.1, 0.15) is 7.85 Å². The first kappa shape index (κ1) is 6.34. The van der Waals surface area contributed by atoms with Crippen molar-refractivity contribution in [1.82, 2.24) is 4.98 Å². The predicted octanol–water partition coefficient (Wildman–Crippen LogP) is -0.0432. The molecule has 0 bridgehead atoms. The first-order valence-electron chi connectivity index (χ1n) is 3.10. The van der Waals surface area contributed by atoms with Gasteiger partial charge in [-0.25, -0.2) is 0 Å². The minimum absolute atomic E-state index is 1.13. The van der Waals surface area contributed by atoms with Crippen molar-refractivity contribution < 1.29 is 0 Å². The van der Waals surface area contributed by atoms with Crippen LogP contribution in [0.2, 0.25) is 0 Å². The van der Waals surface area contributed by atoms with Gasteiger partial charge in [-0.05, 0) is 19.9 Å². The summed E-state index contributed by atoms with van der Waals surface area (Å²) in [5.41, 5.74) is 3.76. The summed E-state index contributed by atoms with van der Waals surface area (Å²) in [4.78, 5) is 4.14. The minimum Gasteiger partial charge on any atom is -0.262 e. The van der Waals surface area contributed by atoms with Crippen LogP contribution in [0.5, 0.6) is 0 Å². The second-order valence-corrected chi connectivity index (χ2v) is 2.34. The summed E-state index contributed by atoms with van der Waals surface area (Å²) >= 11 is 0. The topological polar surface area (TPSA) is 12.9 Å². The summed E-state index contributed by atoms with van der Waals surface area (Å²) in [5.74, 6) is 0. The second-order valence-electron chi connectivity index (χ2n) is 2.34. The monoisotopic (exact) mass is 119 g/mol. The fraction of sp³-hybridized carbons (Fsp3) is 0.286. The smallest absolute Gasteiger partial charge is 0.142 e. The highest BCUT2D eigenvalue weighted by Gasteiger charge is 1.93. The average Bonchev–Trinajstić information content (AvgIpc) is 1.83. The van der Waals surface area contributed by atoms with Crippen LogP contribution in [0.25, 0.3) is 0 Å². The van der Waals surface area contributed by atoms with Gasteiger partial charge in [0.25, 0.3) is 0 Å². The van der Waals surface area contributed by atoms with E-state index in [1.165, 1.54) is 11.0 Å². The van der Waals surface area contributed by atoms with Gasteiger partial charge in [-0.2, -0.15) is 0 Å². The van der Waals surface area contributed by atoms with Gasteiger partial charge in [0.05, 0.1) is 0 Å². The lowest BCUT2D eigenvalue weighted by Crippen LogP contribution is -2.12. The number of aryl methyl sites for hydroxylation is 2. The highest BCUT2D eigenvalue weighted by molar-refractivity contribution is 6.34. The summed E-state index contributed by atoms with van der Waals surface area (Å²) in [6, 6.07) is 2.03. The lowest BCUT2D eigenvalue weighted by molar-refractivity contribution is 1.20. The molecule has 46 valence electrons. The Hall–Kier alpha value is -0.785. The number of nitrogens with zero attached hydrogens (tertiary/aromatic N) is 1. The fourth-order valence-electron chi connectivity index (χ4n) is 0.768. The first-order valence-corrected chi connectivity index (χ1v) is 3.10. The molecule has 0 spiro atoms. The molecule has 1 heterocycles. The van der Waals surface area contributed by atoms with Crippen LogP contribution in [0.1, 0.15) is 11.3 Å². The number of hydrogen-bond acceptors (Lipinski definition) is 1. The van der Waals surface area contributed by atoms with Crippen molar-refractivity contribution in [3.8, 4) is 0 Å². The average molecular weight is 119 g/mol. The van der Waals surface area contributed by atoms with Crippen molar-refractivity contribution in [2.24, 2.45) is 0 Å². The number of pyridine rings is 1. The van der Waals surface area contributed by atoms with Crippen LogP contribution in [-0.4, -0.2) is 12.8 Å². The van der Waals surface area contributed by atoms with Crippen molar-refractivity contribution in [3.05, 3.63) is 23.5 Å². The van der Waals surface area contributed by atoms with Gasteiger partial charge in [0.15, 0.2) is 0 Å². The van der Waals surface area contributed by atoms with E-state index in [0.29, 0.717) is 0 Å². The van der Waals surface area contributed by atoms with E-state index >= 15 is 0 Å². The molecule has 0 radical (unpaired) electrons. The molecule has 0 fully saturated rings. The Morgan fingerprint density at radius 2 is 2.11 bits per heavy atom. The highest BCUT2D eigenvalue weighted by atomic mass is 14.7. The van der Waals surface area contributed by atoms with Crippen molar-refractivity contribution in [1.29, 1.82) is 0 Å². The maximum Gasteiger partial charge on any atom is 0.142 e. The third-order valence-corrected chi connectivity index (χ3v) is 1.73. The van der Waals surface area contributed by atoms with E-state index in [2.05, 4.69) is 19.8 Å². The summed E-state index contributed by atoms with van der Waals surface area (Å²) in [6.45, 7) is 4.13. The zero-order valence-electron chi connectivity index (χ0n) is 6.10. The largest absolute Gasteiger partial charge is 0.262 e. The molecule has 0 N–H and O–H groups in total. The number of hydrogen-bond donors (Lipinski definition) is 0. The molecule has 0 saturated heterocycles. The Balaban J connectivity index is 3.25. The number of aromatic nitrogens is 1. The van der Waals surface area contributed by atoms with Crippen molar-refractivity contribution in [2.75, 3.05) is 0 Å². The lowest BCUT2D eigenvalue weighted by atomic mass is 9.90. The van der Waals surface area contributed by atoms with E-state index in [4.69, 9.17) is 0 Å². The van der Waals surface area contributed by atoms with E-state index in [0.717, 1.165) is 5.69 Å². The quantitative estimate of drug-likeness (QED) is 0.436. The molecule has 0 aliphatic rings. The van der Waals surface area contributed by atoms with E-state index in [-0.39, 0.29) is 0 Å². The normalized spacial score (nSPS) is 9.56. The molecule has 0 unspecified atom stereocenters. The molecule has 0 aliphatic heterocycles. The molecular weight excluding hydrogens is 109 g/mol. The Bertz CT molecular complexity index is 200. The SMILES string of the molecule is Bc1c(C)ccnc1C. The Morgan fingerprint density at radius 3 is 2.56 bits per heavy atom. The molecule has 2 heteroatoms. The summed E-state index contributed by atoms with van der Waals surface area (Å²) in [7, 11) is 2.09. The molecule has 0 saturated carbocycles. The Labute approximate surface area is 56.5 Å². The van der Waals surface area contributed by atoms with Crippen molar-refractivity contribution >= 4 is 13.3 Å². The van der Waals surface area contributed by atoms with Crippen LogP contribution in [0.3, 0.4) is 0 Å². The third-order valence-electron chi connectivity index (χ3n) is 1.73.